The zero-order valence-corrected chi connectivity index (χ0v) is 11.8. The number of hydrogen-bond donors (Lipinski definition) is 1. The number of carbonyl (C=O) groups excluding carboxylic acids is 1. The largest absolute Gasteiger partial charge is 0.341 e. The van der Waals surface area contributed by atoms with Gasteiger partial charge in [-0.15, -0.1) is 12.4 Å². The van der Waals surface area contributed by atoms with Gasteiger partial charge in [-0.1, -0.05) is 13.8 Å². The van der Waals surface area contributed by atoms with E-state index in [1.807, 2.05) is 0 Å². The Labute approximate surface area is 111 Å². The summed E-state index contributed by atoms with van der Waals surface area (Å²) in [5.41, 5.74) is -0.225. The predicted octanol–water partition coefficient (Wildman–Crippen LogP) is 2.20. The van der Waals surface area contributed by atoms with Crippen LogP contribution in [0, 0.1) is 5.92 Å². The van der Waals surface area contributed by atoms with Crippen LogP contribution >= 0.6 is 12.4 Å². The number of amides is 1. The molecule has 2 heterocycles. The lowest BCUT2D eigenvalue weighted by molar-refractivity contribution is -0.139. The second kappa shape index (κ2) is 6.05. The fourth-order valence-corrected chi connectivity index (χ4v) is 3.12. The first-order chi connectivity index (χ1) is 7.68. The van der Waals surface area contributed by atoms with E-state index in [-0.39, 0.29) is 17.9 Å². The first kappa shape index (κ1) is 14.8. The highest BCUT2D eigenvalue weighted by Gasteiger charge is 2.42. The molecule has 0 bridgehead atoms. The number of nitrogens with one attached hydrogen (secondary N) is 1. The van der Waals surface area contributed by atoms with E-state index in [0.29, 0.717) is 11.8 Å². The summed E-state index contributed by atoms with van der Waals surface area (Å²) in [6.45, 7) is 7.31. The first-order valence-electron chi connectivity index (χ1n) is 6.72. The van der Waals surface area contributed by atoms with Crippen LogP contribution in [0.25, 0.3) is 0 Å². The molecule has 2 aliphatic rings. The summed E-state index contributed by atoms with van der Waals surface area (Å²) in [5.74, 6) is 1.03. The molecular formula is C13H25ClN2O. The molecule has 1 N–H and O–H groups in total. The van der Waals surface area contributed by atoms with Crippen LogP contribution in [0.2, 0.25) is 0 Å². The summed E-state index contributed by atoms with van der Waals surface area (Å²) in [6.07, 6.45) is 5.54. The zero-order valence-electron chi connectivity index (χ0n) is 11.0. The maximum atomic E-state index is 12.6. The normalized spacial score (nSPS) is 33.3. The van der Waals surface area contributed by atoms with Crippen LogP contribution in [0.4, 0.5) is 0 Å². The number of halogens is 1. The van der Waals surface area contributed by atoms with Crippen molar-refractivity contribution in [3.8, 4) is 0 Å². The van der Waals surface area contributed by atoms with Crippen LogP contribution in [0.3, 0.4) is 0 Å². The minimum absolute atomic E-state index is 0. The summed E-state index contributed by atoms with van der Waals surface area (Å²) < 4.78 is 0. The Morgan fingerprint density at radius 2 is 2.24 bits per heavy atom. The highest BCUT2D eigenvalue weighted by molar-refractivity contribution is 5.86. The smallest absolute Gasteiger partial charge is 0.242 e. The van der Waals surface area contributed by atoms with Gasteiger partial charge in [-0.2, -0.15) is 0 Å². The van der Waals surface area contributed by atoms with Crippen LogP contribution in [-0.2, 0) is 4.79 Å². The zero-order chi connectivity index (χ0) is 11.6. The molecule has 0 aromatic rings. The third-order valence-electron chi connectivity index (χ3n) is 4.20. The number of rotatable bonds is 2. The molecule has 3 nitrogen and oxygen atoms in total. The van der Waals surface area contributed by atoms with Crippen molar-refractivity contribution < 1.29 is 4.79 Å². The van der Waals surface area contributed by atoms with Gasteiger partial charge < -0.3 is 10.2 Å². The highest BCUT2D eigenvalue weighted by Crippen LogP contribution is 2.27. The molecule has 2 fully saturated rings. The summed E-state index contributed by atoms with van der Waals surface area (Å²) in [4.78, 5) is 14.7. The van der Waals surface area contributed by atoms with Gasteiger partial charge in [0.25, 0.3) is 0 Å². The van der Waals surface area contributed by atoms with Gasteiger partial charge in [0, 0.05) is 13.1 Å². The van der Waals surface area contributed by atoms with Crippen LogP contribution in [0.15, 0.2) is 0 Å². The van der Waals surface area contributed by atoms with E-state index < -0.39 is 0 Å². The lowest BCUT2D eigenvalue weighted by Gasteiger charge is -2.38. The fourth-order valence-electron chi connectivity index (χ4n) is 3.12. The quantitative estimate of drug-likeness (QED) is 0.826. The Hall–Kier alpha value is -0.280. The van der Waals surface area contributed by atoms with E-state index in [4.69, 9.17) is 0 Å². The van der Waals surface area contributed by atoms with E-state index in [1.54, 1.807) is 0 Å². The van der Waals surface area contributed by atoms with E-state index >= 15 is 0 Å². The molecule has 4 heteroatoms. The molecule has 2 saturated heterocycles. The maximum absolute atomic E-state index is 12.6. The molecule has 0 saturated carbocycles. The number of piperidine rings is 1. The van der Waals surface area contributed by atoms with Gasteiger partial charge in [-0.25, -0.2) is 0 Å². The standard InChI is InChI=1S/C13H24N2O.ClH/c1-3-13(7-5-8-14-13)12(16)15-9-4-6-11(2)10-15;/h11,14H,3-10H2,1-2H3;1H. The number of likely N-dealkylation sites (tertiary alicyclic amines) is 1. The van der Waals surface area contributed by atoms with Crippen LogP contribution in [-0.4, -0.2) is 36.0 Å². The van der Waals surface area contributed by atoms with Gasteiger partial charge >= 0.3 is 0 Å². The van der Waals surface area contributed by atoms with E-state index in [0.717, 1.165) is 38.9 Å². The Bertz CT molecular complexity index is 264. The summed E-state index contributed by atoms with van der Waals surface area (Å²) in [5, 5.41) is 3.44. The molecule has 100 valence electrons. The minimum Gasteiger partial charge on any atom is -0.341 e. The summed E-state index contributed by atoms with van der Waals surface area (Å²) in [7, 11) is 0. The second-order valence-electron chi connectivity index (χ2n) is 5.46. The SMILES string of the molecule is CCC1(C(=O)N2CCCC(C)C2)CCCN1.Cl. The average Bonchev–Trinajstić information content (AvgIpc) is 2.78. The summed E-state index contributed by atoms with van der Waals surface area (Å²) in [6, 6.07) is 0. The minimum atomic E-state index is -0.225. The lowest BCUT2D eigenvalue weighted by atomic mass is 9.90. The molecule has 2 unspecified atom stereocenters. The van der Waals surface area contributed by atoms with Crippen molar-refractivity contribution in [2.24, 2.45) is 5.92 Å². The van der Waals surface area contributed by atoms with E-state index in [1.165, 1.54) is 12.8 Å². The second-order valence-corrected chi connectivity index (χ2v) is 5.46. The van der Waals surface area contributed by atoms with Crippen LogP contribution in [0.5, 0.6) is 0 Å². The Morgan fingerprint density at radius 1 is 1.47 bits per heavy atom. The van der Waals surface area contributed by atoms with Crippen molar-refractivity contribution in [2.45, 2.75) is 51.5 Å². The highest BCUT2D eigenvalue weighted by atomic mass is 35.5. The molecule has 2 atom stereocenters. The third kappa shape index (κ3) is 2.94. The predicted molar refractivity (Wildman–Crippen MR) is 72.5 cm³/mol. The van der Waals surface area contributed by atoms with Gasteiger partial charge in [-0.05, 0) is 44.6 Å². The summed E-state index contributed by atoms with van der Waals surface area (Å²) >= 11 is 0. The van der Waals surface area contributed by atoms with Crippen LogP contribution < -0.4 is 5.32 Å². The molecule has 2 rings (SSSR count). The molecule has 2 aliphatic heterocycles. The van der Waals surface area contributed by atoms with Gasteiger partial charge in [0.05, 0.1) is 5.54 Å². The van der Waals surface area contributed by atoms with Gasteiger partial charge in [0.15, 0.2) is 0 Å². The molecular weight excluding hydrogens is 236 g/mol. The Morgan fingerprint density at radius 3 is 2.76 bits per heavy atom. The molecule has 0 spiro atoms. The van der Waals surface area contributed by atoms with Crippen molar-refractivity contribution in [1.82, 2.24) is 10.2 Å². The Balaban J connectivity index is 0.00000144. The fraction of sp³-hybridized carbons (Fsp3) is 0.923. The molecule has 0 radical (unpaired) electrons. The molecule has 0 aromatic carbocycles. The van der Waals surface area contributed by atoms with E-state index in [9.17, 15) is 4.79 Å². The number of carbonyl (C=O) groups is 1. The monoisotopic (exact) mass is 260 g/mol. The molecule has 0 aliphatic carbocycles. The topological polar surface area (TPSA) is 32.3 Å². The van der Waals surface area contributed by atoms with E-state index in [2.05, 4.69) is 24.1 Å². The van der Waals surface area contributed by atoms with Gasteiger partial charge in [0.1, 0.15) is 0 Å². The molecule has 0 aromatic heterocycles. The van der Waals surface area contributed by atoms with Crippen molar-refractivity contribution in [1.29, 1.82) is 0 Å². The number of nitrogens with zero attached hydrogens (tertiary/aromatic N) is 1. The lowest BCUT2D eigenvalue weighted by Crippen LogP contribution is -2.56. The third-order valence-corrected chi connectivity index (χ3v) is 4.20. The van der Waals surface area contributed by atoms with Crippen molar-refractivity contribution >= 4 is 18.3 Å². The van der Waals surface area contributed by atoms with Crippen molar-refractivity contribution in [3.63, 3.8) is 0 Å². The first-order valence-corrected chi connectivity index (χ1v) is 6.72. The van der Waals surface area contributed by atoms with Gasteiger partial charge in [-0.3, -0.25) is 4.79 Å². The maximum Gasteiger partial charge on any atom is 0.242 e. The van der Waals surface area contributed by atoms with Gasteiger partial charge in [0.2, 0.25) is 5.91 Å². The van der Waals surface area contributed by atoms with Crippen LogP contribution in [0.1, 0.15) is 46.0 Å². The molecule has 1 amide bonds. The van der Waals surface area contributed by atoms with Crippen molar-refractivity contribution in [3.05, 3.63) is 0 Å². The Kier molecular flexibility index (Phi) is 5.26. The molecule has 17 heavy (non-hydrogen) atoms. The number of hydrogen-bond acceptors (Lipinski definition) is 2. The van der Waals surface area contributed by atoms with Crippen molar-refractivity contribution in [2.75, 3.05) is 19.6 Å². The average molecular weight is 261 g/mol.